The fourth-order valence-electron chi connectivity index (χ4n) is 8.32. The molecule has 0 bridgehead atoms. The Labute approximate surface area is 303 Å². The normalized spacial score (nSPS) is 14.4. The van der Waals surface area contributed by atoms with Gasteiger partial charge in [0, 0.05) is 27.3 Å². The number of hydrogen-bond acceptors (Lipinski definition) is 3. The lowest BCUT2D eigenvalue weighted by atomic mass is 9.71. The summed E-state index contributed by atoms with van der Waals surface area (Å²) in [6.45, 7) is 4.75. The first-order chi connectivity index (χ1) is 25.5. The van der Waals surface area contributed by atoms with Crippen molar-refractivity contribution in [3.05, 3.63) is 175 Å². The fourth-order valence-corrected chi connectivity index (χ4v) is 8.32. The monoisotopic (exact) mass is 668 g/mol. The van der Waals surface area contributed by atoms with Crippen LogP contribution in [0.25, 0.3) is 78.1 Å². The van der Waals surface area contributed by atoms with Gasteiger partial charge in [0.25, 0.3) is 0 Å². The molecule has 52 heavy (non-hydrogen) atoms. The quantitative estimate of drug-likeness (QED) is 0.183. The smallest absolute Gasteiger partial charge is 0.164 e. The summed E-state index contributed by atoms with van der Waals surface area (Å²) in [5, 5.41) is 2.53. The largest absolute Gasteiger partial charge is 0.309 e. The van der Waals surface area contributed by atoms with E-state index in [1.165, 1.54) is 60.9 Å². The average molecular weight is 669 g/mol. The van der Waals surface area contributed by atoms with E-state index in [0.29, 0.717) is 11.6 Å². The third kappa shape index (κ3) is 4.79. The lowest BCUT2D eigenvalue weighted by molar-refractivity contribution is 0.632. The van der Waals surface area contributed by atoms with E-state index in [1.807, 2.05) is 18.2 Å². The van der Waals surface area contributed by atoms with Gasteiger partial charge in [-0.05, 0) is 76.1 Å². The zero-order valence-electron chi connectivity index (χ0n) is 29.2. The lowest BCUT2D eigenvalue weighted by Crippen LogP contribution is -2.27. The van der Waals surface area contributed by atoms with Crippen LogP contribution in [0.2, 0.25) is 0 Å². The van der Waals surface area contributed by atoms with Crippen molar-refractivity contribution in [2.75, 3.05) is 0 Å². The lowest BCUT2D eigenvalue weighted by Gasteiger charge is -2.36. The van der Waals surface area contributed by atoms with E-state index >= 15 is 0 Å². The minimum absolute atomic E-state index is 0.336. The van der Waals surface area contributed by atoms with Crippen molar-refractivity contribution < 1.29 is 0 Å². The van der Waals surface area contributed by atoms with Crippen molar-refractivity contribution >= 4 is 27.4 Å². The van der Waals surface area contributed by atoms with Crippen LogP contribution in [0.4, 0.5) is 0 Å². The summed E-state index contributed by atoms with van der Waals surface area (Å²) >= 11 is 0. The molecule has 2 aromatic heterocycles. The number of aromatic nitrogens is 4. The topological polar surface area (TPSA) is 43.6 Å². The fraction of sp³-hybridized carbons (Fsp3) is 0.104. The molecule has 0 atom stereocenters. The number of benzene rings is 6. The van der Waals surface area contributed by atoms with E-state index in [0.717, 1.165) is 35.4 Å². The minimum Gasteiger partial charge on any atom is -0.309 e. The first-order valence-electron chi connectivity index (χ1n) is 18.1. The molecular weight excluding hydrogens is 633 g/mol. The van der Waals surface area contributed by atoms with Crippen LogP contribution >= 0.6 is 0 Å². The molecule has 1 aliphatic heterocycles. The van der Waals surface area contributed by atoms with Gasteiger partial charge < -0.3 is 4.57 Å². The molecule has 0 amide bonds. The summed E-state index contributed by atoms with van der Waals surface area (Å²) in [6, 6.07) is 50.1. The average Bonchev–Trinajstić information content (AvgIpc) is 3.54. The van der Waals surface area contributed by atoms with Crippen LogP contribution in [-0.2, 0) is 5.41 Å². The van der Waals surface area contributed by atoms with E-state index in [4.69, 9.17) is 15.0 Å². The van der Waals surface area contributed by atoms with Gasteiger partial charge in [0.1, 0.15) is 0 Å². The van der Waals surface area contributed by atoms with Gasteiger partial charge in [-0.2, -0.15) is 0 Å². The van der Waals surface area contributed by atoms with Crippen molar-refractivity contribution in [3.8, 4) is 50.7 Å². The second-order valence-corrected chi connectivity index (χ2v) is 14.4. The third-order valence-electron chi connectivity index (χ3n) is 10.9. The van der Waals surface area contributed by atoms with Crippen molar-refractivity contribution in [1.29, 1.82) is 0 Å². The van der Waals surface area contributed by atoms with Crippen LogP contribution in [0.3, 0.4) is 0 Å². The highest BCUT2D eigenvalue weighted by Gasteiger charge is 2.38. The predicted octanol–water partition coefficient (Wildman–Crippen LogP) is 12.0. The summed E-state index contributed by atoms with van der Waals surface area (Å²) in [7, 11) is 0. The molecule has 0 saturated heterocycles. The van der Waals surface area contributed by atoms with Gasteiger partial charge in [-0.15, -0.1) is 0 Å². The van der Waals surface area contributed by atoms with Crippen LogP contribution in [0.15, 0.2) is 158 Å². The maximum absolute atomic E-state index is 5.15. The number of allylic oxidation sites excluding steroid dienone is 4. The van der Waals surface area contributed by atoms with E-state index in [9.17, 15) is 0 Å². The summed E-state index contributed by atoms with van der Waals surface area (Å²) in [4.78, 5) is 15.3. The molecule has 0 radical (unpaired) electrons. The van der Waals surface area contributed by atoms with Crippen LogP contribution in [0, 0.1) is 0 Å². The number of fused-ring (bicyclic) bond motifs is 5. The molecule has 0 saturated carbocycles. The maximum Gasteiger partial charge on any atom is 0.164 e. The Morgan fingerprint density at radius 3 is 1.90 bits per heavy atom. The molecule has 0 N–H and O–H groups in total. The molecule has 4 nitrogen and oxygen atoms in total. The predicted molar refractivity (Wildman–Crippen MR) is 214 cm³/mol. The third-order valence-corrected chi connectivity index (χ3v) is 10.9. The van der Waals surface area contributed by atoms with Gasteiger partial charge in [-0.3, -0.25) is 0 Å². The summed E-state index contributed by atoms with van der Waals surface area (Å²) < 4.78 is 2.51. The Kier molecular flexibility index (Phi) is 6.94. The highest BCUT2D eigenvalue weighted by Crippen LogP contribution is 2.51. The molecule has 0 unspecified atom stereocenters. The molecule has 6 aromatic carbocycles. The van der Waals surface area contributed by atoms with E-state index < -0.39 is 0 Å². The number of nitrogens with zero attached hydrogens (tertiary/aromatic N) is 4. The first-order valence-corrected chi connectivity index (χ1v) is 18.1. The van der Waals surface area contributed by atoms with Gasteiger partial charge in [0.2, 0.25) is 0 Å². The SMILES string of the molecule is CC1(C)c2cc(-c3nc(C4=CC=CCC4)nc(-c4ccccc4)n3)ccc2-n2c3cc(-c4ccccc4)ccc3c3ccc(-c4ccccc4)c1c32. The van der Waals surface area contributed by atoms with Gasteiger partial charge >= 0.3 is 0 Å². The Morgan fingerprint density at radius 2 is 1.19 bits per heavy atom. The van der Waals surface area contributed by atoms with Gasteiger partial charge in [0.15, 0.2) is 17.5 Å². The highest BCUT2D eigenvalue weighted by atomic mass is 15.0. The van der Waals surface area contributed by atoms with E-state index in [2.05, 4.69) is 158 Å². The molecule has 2 aliphatic rings. The molecule has 4 heteroatoms. The van der Waals surface area contributed by atoms with Crippen molar-refractivity contribution in [2.45, 2.75) is 32.1 Å². The van der Waals surface area contributed by atoms with Gasteiger partial charge in [-0.25, -0.2) is 15.0 Å². The standard InChI is InChI=1S/C48H36N4/c1-48(2)40-29-36(47-50-45(33-19-11-5-12-20-33)49-46(51-47)34-21-13-6-14-22-34)24-28-41(40)52-42-30-35(31-15-7-3-8-16-31)23-25-38(42)39-27-26-37(43(48)44(39)52)32-17-9-4-10-18-32/h3-13,15-21,23-30H,14,22H2,1-2H3. The minimum atomic E-state index is -0.336. The zero-order valence-corrected chi connectivity index (χ0v) is 29.2. The van der Waals surface area contributed by atoms with Crippen LogP contribution in [-0.4, -0.2) is 19.5 Å². The molecule has 0 fully saturated rings. The van der Waals surface area contributed by atoms with Crippen LogP contribution in [0.5, 0.6) is 0 Å². The molecule has 8 aromatic rings. The molecule has 3 heterocycles. The number of hydrogen-bond donors (Lipinski definition) is 0. The van der Waals surface area contributed by atoms with Crippen LogP contribution in [0.1, 0.15) is 43.6 Å². The van der Waals surface area contributed by atoms with Crippen molar-refractivity contribution in [1.82, 2.24) is 19.5 Å². The first kappa shape index (κ1) is 30.4. The Morgan fingerprint density at radius 1 is 0.558 bits per heavy atom. The van der Waals surface area contributed by atoms with E-state index in [1.54, 1.807) is 0 Å². The molecule has 248 valence electrons. The van der Waals surface area contributed by atoms with Crippen LogP contribution < -0.4 is 0 Å². The van der Waals surface area contributed by atoms with E-state index in [-0.39, 0.29) is 5.41 Å². The number of rotatable bonds is 5. The molecule has 1 aliphatic carbocycles. The Bertz CT molecular complexity index is 2740. The second-order valence-electron chi connectivity index (χ2n) is 14.4. The summed E-state index contributed by atoms with van der Waals surface area (Å²) in [5.74, 6) is 2.12. The molecular formula is C48H36N4. The maximum atomic E-state index is 5.15. The Hall–Kier alpha value is -6.39. The van der Waals surface area contributed by atoms with Crippen molar-refractivity contribution in [3.63, 3.8) is 0 Å². The molecule has 10 rings (SSSR count). The summed E-state index contributed by atoms with van der Waals surface area (Å²) in [5.41, 5.74) is 13.9. The van der Waals surface area contributed by atoms with Crippen molar-refractivity contribution in [2.24, 2.45) is 0 Å². The zero-order chi connectivity index (χ0) is 34.8. The van der Waals surface area contributed by atoms with Gasteiger partial charge in [0.05, 0.1) is 16.7 Å². The van der Waals surface area contributed by atoms with Gasteiger partial charge in [-0.1, -0.05) is 147 Å². The Balaban J connectivity index is 1.24. The second kappa shape index (κ2) is 11.9. The summed E-state index contributed by atoms with van der Waals surface area (Å²) in [6.07, 6.45) is 8.34. The highest BCUT2D eigenvalue weighted by molar-refractivity contribution is 6.14. The molecule has 0 spiro atoms.